The zero-order valence-electron chi connectivity index (χ0n) is 16.3. The number of rotatable bonds is 7. The van der Waals surface area contributed by atoms with E-state index in [1.165, 1.54) is 5.56 Å². The fourth-order valence-corrected chi connectivity index (χ4v) is 3.19. The summed E-state index contributed by atoms with van der Waals surface area (Å²) in [5.41, 5.74) is 4.85. The second-order valence-corrected chi connectivity index (χ2v) is 7.55. The molecule has 3 rings (SSSR count). The lowest BCUT2D eigenvalue weighted by molar-refractivity contribution is -0.118. The van der Waals surface area contributed by atoms with Crippen LogP contribution in [-0.4, -0.2) is 12.5 Å². The summed E-state index contributed by atoms with van der Waals surface area (Å²) in [6, 6.07) is 19.0. The van der Waals surface area contributed by atoms with E-state index in [1.54, 1.807) is 18.2 Å². The first-order valence-electron chi connectivity index (χ1n) is 9.19. The Hall–Kier alpha value is -2.69. The van der Waals surface area contributed by atoms with Crippen LogP contribution in [0.2, 0.25) is 10.0 Å². The zero-order valence-corrected chi connectivity index (χ0v) is 17.8. The molecule has 4 nitrogen and oxygen atoms in total. The maximum atomic E-state index is 12.1. The third-order valence-corrected chi connectivity index (χ3v) is 5.14. The summed E-state index contributed by atoms with van der Waals surface area (Å²) < 4.78 is 5.56. The third kappa shape index (κ3) is 5.89. The van der Waals surface area contributed by atoms with Gasteiger partial charge in [0.05, 0.1) is 5.02 Å². The fraction of sp³-hybridized carbons (Fsp3) is 0.174. The average Bonchev–Trinajstić information content (AvgIpc) is 2.69. The highest BCUT2D eigenvalue weighted by Crippen LogP contribution is 2.26. The van der Waals surface area contributed by atoms with Crippen LogP contribution in [0.25, 0.3) is 0 Å². The van der Waals surface area contributed by atoms with Crippen molar-refractivity contribution in [3.05, 3.63) is 87.4 Å². The molecular formula is C23H22Cl2N2O2. The Morgan fingerprint density at radius 2 is 1.72 bits per heavy atom. The Balaban J connectivity index is 1.54. The van der Waals surface area contributed by atoms with Crippen LogP contribution in [0.1, 0.15) is 16.7 Å². The number of halogens is 2. The van der Waals surface area contributed by atoms with Crippen molar-refractivity contribution in [3.63, 3.8) is 0 Å². The van der Waals surface area contributed by atoms with Gasteiger partial charge in [-0.15, -0.1) is 0 Å². The molecule has 0 atom stereocenters. The maximum Gasteiger partial charge on any atom is 0.262 e. The number of anilines is 2. The van der Waals surface area contributed by atoms with Crippen LogP contribution < -0.4 is 15.4 Å². The molecule has 0 heterocycles. The van der Waals surface area contributed by atoms with Gasteiger partial charge in [-0.1, -0.05) is 53.5 Å². The summed E-state index contributed by atoms with van der Waals surface area (Å²) in [6.45, 7) is 4.45. The summed E-state index contributed by atoms with van der Waals surface area (Å²) in [6.07, 6.45) is 0. The molecule has 0 saturated heterocycles. The van der Waals surface area contributed by atoms with Crippen LogP contribution in [-0.2, 0) is 11.3 Å². The van der Waals surface area contributed by atoms with Gasteiger partial charge < -0.3 is 15.4 Å². The van der Waals surface area contributed by atoms with Gasteiger partial charge in [-0.3, -0.25) is 4.79 Å². The topological polar surface area (TPSA) is 50.4 Å². The number of ether oxygens (including phenoxy) is 1. The van der Waals surface area contributed by atoms with Crippen LogP contribution in [0.5, 0.6) is 5.75 Å². The summed E-state index contributed by atoms with van der Waals surface area (Å²) in [5.74, 6) is 0.176. The summed E-state index contributed by atoms with van der Waals surface area (Å²) in [5, 5.41) is 7.20. The molecule has 1 amide bonds. The normalized spacial score (nSPS) is 10.5. The Labute approximate surface area is 180 Å². The monoisotopic (exact) mass is 428 g/mol. The standard InChI is InChI=1S/C23H22Cl2N2O2/c1-15-7-9-18(12-19(15)24)27-23(28)14-29-22-10-8-17(11-20(22)25)13-26-21-6-4-3-5-16(21)2/h3-12,26H,13-14H2,1-2H3,(H,27,28). The lowest BCUT2D eigenvalue weighted by atomic mass is 10.1. The van der Waals surface area contributed by atoms with E-state index in [0.29, 0.717) is 28.0 Å². The predicted octanol–water partition coefficient (Wildman–Crippen LogP) is 6.24. The summed E-state index contributed by atoms with van der Waals surface area (Å²) in [7, 11) is 0. The van der Waals surface area contributed by atoms with Gasteiger partial charge in [0.15, 0.2) is 6.61 Å². The molecular weight excluding hydrogens is 407 g/mol. The lowest BCUT2D eigenvalue weighted by Crippen LogP contribution is -2.20. The highest BCUT2D eigenvalue weighted by atomic mass is 35.5. The molecule has 0 aliphatic carbocycles. The molecule has 150 valence electrons. The third-order valence-electron chi connectivity index (χ3n) is 4.44. The van der Waals surface area contributed by atoms with E-state index in [0.717, 1.165) is 16.8 Å². The minimum Gasteiger partial charge on any atom is -0.482 e. The van der Waals surface area contributed by atoms with Gasteiger partial charge in [0.2, 0.25) is 0 Å². The first-order chi connectivity index (χ1) is 13.9. The van der Waals surface area contributed by atoms with Gasteiger partial charge >= 0.3 is 0 Å². The Bertz CT molecular complexity index is 1020. The molecule has 0 aliphatic rings. The lowest BCUT2D eigenvalue weighted by Gasteiger charge is -2.12. The van der Waals surface area contributed by atoms with Crippen molar-refractivity contribution in [3.8, 4) is 5.75 Å². The molecule has 0 radical (unpaired) electrons. The van der Waals surface area contributed by atoms with Gasteiger partial charge in [0.25, 0.3) is 5.91 Å². The van der Waals surface area contributed by atoms with E-state index in [9.17, 15) is 4.79 Å². The molecule has 0 saturated carbocycles. The molecule has 2 N–H and O–H groups in total. The van der Waals surface area contributed by atoms with Crippen LogP contribution in [0, 0.1) is 13.8 Å². The number of aryl methyl sites for hydroxylation is 2. The molecule has 0 spiro atoms. The van der Waals surface area contributed by atoms with Crippen LogP contribution in [0.15, 0.2) is 60.7 Å². The van der Waals surface area contributed by atoms with E-state index in [1.807, 2.05) is 43.3 Å². The zero-order chi connectivity index (χ0) is 20.8. The fourth-order valence-electron chi connectivity index (χ4n) is 2.75. The highest BCUT2D eigenvalue weighted by Gasteiger charge is 2.08. The van der Waals surface area contributed by atoms with Crippen LogP contribution >= 0.6 is 23.2 Å². The largest absolute Gasteiger partial charge is 0.482 e. The number of hydrogen-bond acceptors (Lipinski definition) is 3. The molecule has 0 bridgehead atoms. The first kappa shape index (κ1) is 21.0. The van der Waals surface area contributed by atoms with Gasteiger partial charge in [-0.05, 0) is 60.9 Å². The number of carbonyl (C=O) groups excluding carboxylic acids is 1. The first-order valence-corrected chi connectivity index (χ1v) is 9.94. The van der Waals surface area contributed by atoms with E-state index in [4.69, 9.17) is 27.9 Å². The summed E-state index contributed by atoms with van der Waals surface area (Å²) in [4.78, 5) is 12.1. The quantitative estimate of drug-likeness (QED) is 0.468. The number of benzene rings is 3. The van der Waals surface area contributed by atoms with Gasteiger partial charge in [-0.2, -0.15) is 0 Å². The van der Waals surface area contributed by atoms with Crippen molar-refractivity contribution in [2.45, 2.75) is 20.4 Å². The molecule has 0 fully saturated rings. The van der Waals surface area contributed by atoms with E-state index >= 15 is 0 Å². The van der Waals surface area contributed by atoms with E-state index in [2.05, 4.69) is 23.6 Å². The molecule has 0 aromatic heterocycles. The second-order valence-electron chi connectivity index (χ2n) is 6.73. The maximum absolute atomic E-state index is 12.1. The van der Waals surface area contributed by atoms with Crippen molar-refractivity contribution >= 4 is 40.5 Å². The minimum absolute atomic E-state index is 0.147. The van der Waals surface area contributed by atoms with Crippen LogP contribution in [0.3, 0.4) is 0 Å². The number of para-hydroxylation sites is 1. The summed E-state index contributed by atoms with van der Waals surface area (Å²) >= 11 is 12.4. The smallest absolute Gasteiger partial charge is 0.262 e. The highest BCUT2D eigenvalue weighted by molar-refractivity contribution is 6.32. The van der Waals surface area contributed by atoms with E-state index in [-0.39, 0.29) is 12.5 Å². The average molecular weight is 429 g/mol. The van der Waals surface area contributed by atoms with Crippen molar-refractivity contribution in [1.29, 1.82) is 0 Å². The molecule has 3 aromatic rings. The van der Waals surface area contributed by atoms with Gasteiger partial charge in [0, 0.05) is 22.9 Å². The Morgan fingerprint density at radius 1 is 0.931 bits per heavy atom. The van der Waals surface area contributed by atoms with Crippen molar-refractivity contribution in [2.24, 2.45) is 0 Å². The van der Waals surface area contributed by atoms with Gasteiger partial charge in [-0.25, -0.2) is 0 Å². The van der Waals surface area contributed by atoms with Crippen molar-refractivity contribution < 1.29 is 9.53 Å². The molecule has 0 unspecified atom stereocenters. The number of nitrogens with one attached hydrogen (secondary N) is 2. The minimum atomic E-state index is -0.286. The SMILES string of the molecule is Cc1ccc(NC(=O)COc2ccc(CNc3ccccc3C)cc2Cl)cc1Cl. The molecule has 6 heteroatoms. The molecule has 29 heavy (non-hydrogen) atoms. The number of carbonyl (C=O) groups is 1. The van der Waals surface area contributed by atoms with Gasteiger partial charge in [0.1, 0.15) is 5.75 Å². The van der Waals surface area contributed by atoms with Crippen molar-refractivity contribution in [2.75, 3.05) is 17.2 Å². The molecule has 0 aliphatic heterocycles. The molecule has 3 aromatic carbocycles. The number of amides is 1. The second kappa shape index (κ2) is 9.68. The van der Waals surface area contributed by atoms with Crippen LogP contribution in [0.4, 0.5) is 11.4 Å². The Kier molecular flexibility index (Phi) is 7.02. The Morgan fingerprint density at radius 3 is 2.45 bits per heavy atom. The predicted molar refractivity (Wildman–Crippen MR) is 120 cm³/mol. The number of hydrogen-bond donors (Lipinski definition) is 2. The van der Waals surface area contributed by atoms with Crippen molar-refractivity contribution in [1.82, 2.24) is 0 Å². The van der Waals surface area contributed by atoms with E-state index < -0.39 is 0 Å².